The zero-order valence-corrected chi connectivity index (χ0v) is 8.35. The number of carbonyl (C=O) groups excluding carboxylic acids is 1. The zero-order valence-electron chi connectivity index (χ0n) is 7.59. The third-order valence-corrected chi connectivity index (χ3v) is 2.08. The second-order valence-corrected chi connectivity index (χ2v) is 3.09. The van der Waals surface area contributed by atoms with E-state index in [0.717, 1.165) is 6.20 Å². The van der Waals surface area contributed by atoms with Crippen LogP contribution in [-0.4, -0.2) is 10.2 Å². The number of nitriles is 1. The first kappa shape index (κ1) is 11.5. The van der Waals surface area contributed by atoms with E-state index in [4.69, 9.17) is 16.9 Å². The van der Waals surface area contributed by atoms with Crippen LogP contribution in [0.2, 0.25) is 0 Å². The number of hydrogen-bond acceptors (Lipinski definition) is 3. The van der Waals surface area contributed by atoms with Crippen LogP contribution in [0.4, 0.5) is 8.78 Å². The van der Waals surface area contributed by atoms with Gasteiger partial charge in [0.2, 0.25) is 0 Å². The fourth-order valence-electron chi connectivity index (χ4n) is 1.15. The highest BCUT2D eigenvalue weighted by atomic mass is 35.5. The minimum absolute atomic E-state index is 0.0587. The number of halogens is 3. The molecule has 1 heterocycles. The molecule has 0 saturated carbocycles. The molecule has 0 saturated heterocycles. The highest BCUT2D eigenvalue weighted by Gasteiger charge is 2.22. The number of alkyl halides is 2. The number of pyridine rings is 1. The van der Waals surface area contributed by atoms with Gasteiger partial charge >= 0.3 is 0 Å². The summed E-state index contributed by atoms with van der Waals surface area (Å²) in [6.07, 6.45) is -1.89. The maximum Gasteiger partial charge on any atom is 0.281 e. The van der Waals surface area contributed by atoms with E-state index in [-0.39, 0.29) is 16.7 Å². The summed E-state index contributed by atoms with van der Waals surface area (Å²) < 4.78 is 24.9. The predicted octanol–water partition coefficient (Wildman–Crippen LogP) is 2.58. The molecule has 0 unspecified atom stereocenters. The predicted molar refractivity (Wildman–Crippen MR) is 48.8 cm³/mol. The number of rotatable bonds is 2. The van der Waals surface area contributed by atoms with Gasteiger partial charge in [0.25, 0.3) is 11.7 Å². The Morgan fingerprint density at radius 2 is 2.27 bits per heavy atom. The Morgan fingerprint density at radius 3 is 2.67 bits per heavy atom. The zero-order chi connectivity index (χ0) is 11.6. The van der Waals surface area contributed by atoms with E-state index in [1.807, 2.05) is 0 Å². The summed E-state index contributed by atoms with van der Waals surface area (Å²) in [4.78, 5) is 14.3. The quantitative estimate of drug-likeness (QED) is 0.734. The fourth-order valence-corrected chi connectivity index (χ4v) is 1.39. The molecule has 0 spiro atoms. The van der Waals surface area contributed by atoms with Crippen molar-refractivity contribution in [3.05, 3.63) is 28.6 Å². The molecular formula is C9H5ClF2N2O. The van der Waals surface area contributed by atoms with E-state index in [9.17, 15) is 13.6 Å². The molecule has 0 atom stereocenters. The summed E-state index contributed by atoms with van der Waals surface area (Å²) in [6, 6.07) is 1.74. The van der Waals surface area contributed by atoms with Crippen LogP contribution in [0.3, 0.4) is 0 Å². The van der Waals surface area contributed by atoms with Crippen molar-refractivity contribution >= 4 is 16.8 Å². The minimum atomic E-state index is -2.89. The van der Waals surface area contributed by atoms with Gasteiger partial charge in [-0.05, 0) is 24.1 Å². The van der Waals surface area contributed by atoms with Gasteiger partial charge in [-0.2, -0.15) is 5.26 Å². The van der Waals surface area contributed by atoms with Crippen LogP contribution in [0.25, 0.3) is 0 Å². The van der Waals surface area contributed by atoms with Gasteiger partial charge in [0.1, 0.15) is 11.8 Å². The lowest BCUT2D eigenvalue weighted by atomic mass is 10.0. The molecule has 15 heavy (non-hydrogen) atoms. The third-order valence-electron chi connectivity index (χ3n) is 1.89. The van der Waals surface area contributed by atoms with Crippen LogP contribution in [0, 0.1) is 18.3 Å². The van der Waals surface area contributed by atoms with Crippen LogP contribution >= 0.6 is 11.6 Å². The maximum absolute atomic E-state index is 12.4. The molecule has 0 aliphatic heterocycles. The smallest absolute Gasteiger partial charge is 0.276 e. The van der Waals surface area contributed by atoms with E-state index < -0.39 is 17.4 Å². The average molecular weight is 231 g/mol. The molecule has 0 amide bonds. The van der Waals surface area contributed by atoms with Crippen LogP contribution in [0.5, 0.6) is 0 Å². The molecule has 3 nitrogen and oxygen atoms in total. The van der Waals surface area contributed by atoms with Crippen LogP contribution in [0.15, 0.2) is 6.20 Å². The SMILES string of the molecule is Cc1c(C#N)cnc(C(F)F)c1C(=O)Cl. The Labute approximate surface area is 89.3 Å². The van der Waals surface area contributed by atoms with Crippen LogP contribution < -0.4 is 0 Å². The largest absolute Gasteiger partial charge is 0.281 e. The van der Waals surface area contributed by atoms with Crippen LogP contribution in [-0.2, 0) is 0 Å². The normalized spacial score (nSPS) is 10.1. The highest BCUT2D eigenvalue weighted by Crippen LogP contribution is 2.26. The molecule has 1 rings (SSSR count). The Balaban J connectivity index is 3.53. The number of nitrogens with zero attached hydrogens (tertiary/aromatic N) is 2. The molecule has 0 bridgehead atoms. The summed E-state index contributed by atoms with van der Waals surface area (Å²) in [6.45, 7) is 1.38. The second kappa shape index (κ2) is 4.32. The Kier molecular flexibility index (Phi) is 3.32. The summed E-state index contributed by atoms with van der Waals surface area (Å²) >= 11 is 5.16. The molecule has 0 N–H and O–H groups in total. The summed E-state index contributed by atoms with van der Waals surface area (Å²) in [5.41, 5.74) is -0.886. The molecule has 0 radical (unpaired) electrons. The molecule has 0 aliphatic rings. The van der Waals surface area contributed by atoms with Gasteiger partial charge in [0, 0.05) is 6.20 Å². The molecule has 0 aliphatic carbocycles. The molecule has 0 aromatic carbocycles. The fraction of sp³-hybridized carbons (Fsp3) is 0.222. The van der Waals surface area contributed by atoms with E-state index in [2.05, 4.69) is 4.98 Å². The number of carbonyl (C=O) groups is 1. The van der Waals surface area contributed by atoms with Crippen molar-refractivity contribution in [2.24, 2.45) is 0 Å². The van der Waals surface area contributed by atoms with Crippen molar-refractivity contribution in [3.8, 4) is 6.07 Å². The first-order valence-electron chi connectivity index (χ1n) is 3.86. The van der Waals surface area contributed by atoms with Gasteiger partial charge in [-0.3, -0.25) is 9.78 Å². The summed E-state index contributed by atoms with van der Waals surface area (Å²) in [5.74, 6) is 0. The summed E-state index contributed by atoms with van der Waals surface area (Å²) in [5, 5.41) is 7.59. The lowest BCUT2D eigenvalue weighted by Crippen LogP contribution is -2.06. The minimum Gasteiger partial charge on any atom is -0.276 e. The molecule has 1 aromatic heterocycles. The standard InChI is InChI=1S/C9H5ClF2N2O/c1-4-5(2-13)3-14-7(9(11)12)6(4)8(10)15/h3,9H,1H3. The van der Waals surface area contributed by atoms with Gasteiger partial charge in [0.15, 0.2) is 0 Å². The van der Waals surface area contributed by atoms with Crippen molar-refractivity contribution in [3.63, 3.8) is 0 Å². The van der Waals surface area contributed by atoms with E-state index in [0.29, 0.717) is 0 Å². The van der Waals surface area contributed by atoms with Gasteiger partial charge in [-0.15, -0.1) is 0 Å². The monoisotopic (exact) mass is 230 g/mol. The first-order valence-corrected chi connectivity index (χ1v) is 4.24. The van der Waals surface area contributed by atoms with Crippen molar-refractivity contribution in [2.75, 3.05) is 0 Å². The molecule has 0 fully saturated rings. The highest BCUT2D eigenvalue weighted by molar-refractivity contribution is 6.68. The van der Waals surface area contributed by atoms with Gasteiger partial charge < -0.3 is 0 Å². The Bertz CT molecular complexity index is 454. The van der Waals surface area contributed by atoms with E-state index >= 15 is 0 Å². The molecular weight excluding hydrogens is 226 g/mol. The lowest BCUT2D eigenvalue weighted by Gasteiger charge is -2.07. The number of aromatic nitrogens is 1. The maximum atomic E-state index is 12.4. The van der Waals surface area contributed by atoms with Crippen molar-refractivity contribution in [2.45, 2.75) is 13.3 Å². The van der Waals surface area contributed by atoms with Gasteiger partial charge in [-0.25, -0.2) is 8.78 Å². The average Bonchev–Trinajstić information content (AvgIpc) is 2.16. The van der Waals surface area contributed by atoms with Crippen molar-refractivity contribution in [1.29, 1.82) is 5.26 Å². The summed E-state index contributed by atoms with van der Waals surface area (Å²) in [7, 11) is 0. The van der Waals surface area contributed by atoms with E-state index in [1.54, 1.807) is 6.07 Å². The van der Waals surface area contributed by atoms with Crippen LogP contribution in [0.1, 0.15) is 33.6 Å². The molecule has 6 heteroatoms. The lowest BCUT2D eigenvalue weighted by molar-refractivity contribution is 0.106. The first-order chi connectivity index (χ1) is 6.99. The Morgan fingerprint density at radius 1 is 1.67 bits per heavy atom. The van der Waals surface area contributed by atoms with Gasteiger partial charge in [-0.1, -0.05) is 0 Å². The Hall–Kier alpha value is -1.54. The van der Waals surface area contributed by atoms with E-state index in [1.165, 1.54) is 6.92 Å². The number of hydrogen-bond donors (Lipinski definition) is 0. The van der Waals surface area contributed by atoms with Gasteiger partial charge in [0.05, 0.1) is 11.1 Å². The van der Waals surface area contributed by atoms with Crippen molar-refractivity contribution < 1.29 is 13.6 Å². The molecule has 1 aromatic rings. The molecule has 78 valence electrons. The second-order valence-electron chi connectivity index (χ2n) is 2.74. The van der Waals surface area contributed by atoms with Crippen molar-refractivity contribution in [1.82, 2.24) is 4.98 Å². The topological polar surface area (TPSA) is 53.8 Å². The third kappa shape index (κ3) is 2.10.